The molecule has 0 saturated heterocycles. The van der Waals surface area contributed by atoms with Gasteiger partial charge in [-0.05, 0) is 55.3 Å². The van der Waals surface area contributed by atoms with Gasteiger partial charge >= 0.3 is 0 Å². The van der Waals surface area contributed by atoms with Gasteiger partial charge < -0.3 is 15.4 Å². The SMILES string of the molecule is COc1ccc(CCNC(=O)c2cc(Nc3ccc(Cl)cc3)nc(C)n2)cc1. The number of anilines is 2. The van der Waals surface area contributed by atoms with Gasteiger partial charge in [0.1, 0.15) is 23.1 Å². The molecule has 0 bridgehead atoms. The molecule has 0 aliphatic rings. The van der Waals surface area contributed by atoms with Gasteiger partial charge in [-0.2, -0.15) is 0 Å². The lowest BCUT2D eigenvalue weighted by Crippen LogP contribution is -2.27. The van der Waals surface area contributed by atoms with E-state index in [1.807, 2.05) is 36.4 Å². The molecular formula is C21H21ClN4O2. The van der Waals surface area contributed by atoms with Crippen LogP contribution in [0.4, 0.5) is 11.5 Å². The maximum absolute atomic E-state index is 12.5. The van der Waals surface area contributed by atoms with E-state index in [0.29, 0.717) is 28.9 Å². The van der Waals surface area contributed by atoms with E-state index in [2.05, 4.69) is 20.6 Å². The van der Waals surface area contributed by atoms with E-state index in [-0.39, 0.29) is 5.91 Å². The smallest absolute Gasteiger partial charge is 0.270 e. The first-order chi connectivity index (χ1) is 13.5. The van der Waals surface area contributed by atoms with Crippen LogP contribution in [0.1, 0.15) is 21.9 Å². The summed E-state index contributed by atoms with van der Waals surface area (Å²) in [6.07, 6.45) is 0.718. The minimum atomic E-state index is -0.238. The van der Waals surface area contributed by atoms with Gasteiger partial charge in [0, 0.05) is 23.3 Å². The van der Waals surface area contributed by atoms with Crippen molar-refractivity contribution in [2.75, 3.05) is 19.0 Å². The number of rotatable bonds is 7. The fraction of sp³-hybridized carbons (Fsp3) is 0.190. The third-order valence-electron chi connectivity index (χ3n) is 4.05. The number of carbonyl (C=O) groups excluding carboxylic acids is 1. The number of hydrogen-bond acceptors (Lipinski definition) is 5. The molecule has 0 fully saturated rings. The zero-order valence-corrected chi connectivity index (χ0v) is 16.5. The Morgan fingerprint density at radius 1 is 1.07 bits per heavy atom. The number of nitrogens with zero attached hydrogens (tertiary/aromatic N) is 2. The number of ether oxygens (including phenoxy) is 1. The van der Waals surface area contributed by atoms with Crippen molar-refractivity contribution in [3.05, 3.63) is 76.7 Å². The van der Waals surface area contributed by atoms with Gasteiger partial charge in [-0.3, -0.25) is 4.79 Å². The molecule has 144 valence electrons. The summed E-state index contributed by atoms with van der Waals surface area (Å²) in [5.41, 5.74) is 2.26. The van der Waals surface area contributed by atoms with Crippen LogP contribution >= 0.6 is 11.6 Å². The molecule has 1 amide bonds. The van der Waals surface area contributed by atoms with Crippen LogP contribution in [0, 0.1) is 6.92 Å². The Balaban J connectivity index is 1.60. The number of aryl methyl sites for hydroxylation is 1. The van der Waals surface area contributed by atoms with Crippen molar-refractivity contribution >= 4 is 29.0 Å². The molecule has 1 heterocycles. The van der Waals surface area contributed by atoms with Crippen LogP contribution in [0.3, 0.4) is 0 Å². The number of halogens is 1. The molecule has 2 N–H and O–H groups in total. The van der Waals surface area contributed by atoms with Gasteiger partial charge in [-0.1, -0.05) is 23.7 Å². The lowest BCUT2D eigenvalue weighted by Gasteiger charge is -2.09. The van der Waals surface area contributed by atoms with Crippen molar-refractivity contribution in [1.29, 1.82) is 0 Å². The molecule has 3 aromatic rings. The molecule has 0 radical (unpaired) electrons. The van der Waals surface area contributed by atoms with Gasteiger partial charge in [0.05, 0.1) is 7.11 Å². The van der Waals surface area contributed by atoms with Gasteiger partial charge in [0.15, 0.2) is 0 Å². The highest BCUT2D eigenvalue weighted by molar-refractivity contribution is 6.30. The molecule has 0 unspecified atom stereocenters. The van der Waals surface area contributed by atoms with E-state index in [1.165, 1.54) is 0 Å². The number of methoxy groups -OCH3 is 1. The van der Waals surface area contributed by atoms with E-state index in [0.717, 1.165) is 23.4 Å². The Labute approximate surface area is 168 Å². The zero-order chi connectivity index (χ0) is 19.9. The molecule has 0 spiro atoms. The standard InChI is InChI=1S/C21H21ClN4O2/c1-14-24-19(13-20(25-14)26-17-7-5-16(22)6-8-17)21(27)23-12-11-15-3-9-18(28-2)10-4-15/h3-10,13H,11-12H2,1-2H3,(H,23,27)(H,24,25,26). The predicted octanol–water partition coefficient (Wildman–Crippen LogP) is 4.16. The van der Waals surface area contributed by atoms with Crippen molar-refractivity contribution in [2.24, 2.45) is 0 Å². The Hall–Kier alpha value is -3.12. The number of amides is 1. The first-order valence-electron chi connectivity index (χ1n) is 8.83. The highest BCUT2D eigenvalue weighted by Gasteiger charge is 2.10. The van der Waals surface area contributed by atoms with Crippen molar-refractivity contribution in [3.8, 4) is 5.75 Å². The largest absolute Gasteiger partial charge is 0.497 e. The molecule has 0 aliphatic carbocycles. The van der Waals surface area contributed by atoms with E-state index in [1.54, 1.807) is 32.2 Å². The molecule has 0 saturated carbocycles. The van der Waals surface area contributed by atoms with Crippen LogP contribution in [0.15, 0.2) is 54.6 Å². The topological polar surface area (TPSA) is 76.1 Å². The second-order valence-corrected chi connectivity index (χ2v) is 6.61. The lowest BCUT2D eigenvalue weighted by molar-refractivity contribution is 0.0949. The quantitative estimate of drug-likeness (QED) is 0.627. The van der Waals surface area contributed by atoms with E-state index >= 15 is 0 Å². The minimum Gasteiger partial charge on any atom is -0.497 e. The summed E-state index contributed by atoms with van der Waals surface area (Å²) in [6, 6.07) is 16.6. The third-order valence-corrected chi connectivity index (χ3v) is 4.30. The van der Waals surface area contributed by atoms with Crippen LogP contribution in [0.25, 0.3) is 0 Å². The Kier molecular flexibility index (Phi) is 6.45. The van der Waals surface area contributed by atoms with Crippen LogP contribution < -0.4 is 15.4 Å². The molecule has 1 aromatic heterocycles. The molecule has 0 aliphatic heterocycles. The van der Waals surface area contributed by atoms with Crippen LogP contribution in [0.2, 0.25) is 5.02 Å². The summed E-state index contributed by atoms with van der Waals surface area (Å²) < 4.78 is 5.14. The molecule has 2 aromatic carbocycles. The van der Waals surface area contributed by atoms with Gasteiger partial charge in [-0.25, -0.2) is 9.97 Å². The molecular weight excluding hydrogens is 376 g/mol. The Bertz CT molecular complexity index is 944. The highest BCUT2D eigenvalue weighted by atomic mass is 35.5. The summed E-state index contributed by atoms with van der Waals surface area (Å²) >= 11 is 5.90. The lowest BCUT2D eigenvalue weighted by atomic mass is 10.1. The predicted molar refractivity (Wildman–Crippen MR) is 111 cm³/mol. The third kappa shape index (κ3) is 5.44. The Morgan fingerprint density at radius 3 is 2.46 bits per heavy atom. The first-order valence-corrected chi connectivity index (χ1v) is 9.21. The van der Waals surface area contributed by atoms with Crippen LogP contribution in [0.5, 0.6) is 5.75 Å². The summed E-state index contributed by atoms with van der Waals surface area (Å²) in [5.74, 6) is 1.64. The average molecular weight is 397 g/mol. The molecule has 0 atom stereocenters. The number of nitrogens with one attached hydrogen (secondary N) is 2. The average Bonchev–Trinajstić information content (AvgIpc) is 2.70. The van der Waals surface area contributed by atoms with Gasteiger partial charge in [-0.15, -0.1) is 0 Å². The van der Waals surface area contributed by atoms with Gasteiger partial charge in [0.25, 0.3) is 5.91 Å². The van der Waals surface area contributed by atoms with E-state index in [9.17, 15) is 4.79 Å². The first kappa shape index (κ1) is 19.6. The second-order valence-electron chi connectivity index (χ2n) is 6.17. The zero-order valence-electron chi connectivity index (χ0n) is 15.7. The minimum absolute atomic E-state index is 0.238. The van der Waals surface area contributed by atoms with Crippen molar-refractivity contribution < 1.29 is 9.53 Å². The van der Waals surface area contributed by atoms with E-state index < -0.39 is 0 Å². The van der Waals surface area contributed by atoms with Crippen molar-refractivity contribution in [2.45, 2.75) is 13.3 Å². The number of carbonyl (C=O) groups is 1. The van der Waals surface area contributed by atoms with Gasteiger partial charge in [0.2, 0.25) is 0 Å². The second kappa shape index (κ2) is 9.19. The van der Waals surface area contributed by atoms with Crippen molar-refractivity contribution in [3.63, 3.8) is 0 Å². The molecule has 28 heavy (non-hydrogen) atoms. The Morgan fingerprint density at radius 2 is 1.79 bits per heavy atom. The fourth-order valence-electron chi connectivity index (χ4n) is 2.63. The summed E-state index contributed by atoms with van der Waals surface area (Å²) in [4.78, 5) is 21.0. The highest BCUT2D eigenvalue weighted by Crippen LogP contribution is 2.18. The summed E-state index contributed by atoms with van der Waals surface area (Å²) in [6.45, 7) is 2.26. The van der Waals surface area contributed by atoms with Crippen LogP contribution in [-0.2, 0) is 6.42 Å². The number of aromatic nitrogens is 2. The van der Waals surface area contributed by atoms with E-state index in [4.69, 9.17) is 16.3 Å². The number of hydrogen-bond donors (Lipinski definition) is 2. The maximum atomic E-state index is 12.5. The molecule has 3 rings (SSSR count). The molecule has 6 nitrogen and oxygen atoms in total. The summed E-state index contributed by atoms with van der Waals surface area (Å²) in [7, 11) is 1.63. The maximum Gasteiger partial charge on any atom is 0.270 e. The van der Waals surface area contributed by atoms with Crippen LogP contribution in [-0.4, -0.2) is 29.5 Å². The summed E-state index contributed by atoms with van der Waals surface area (Å²) in [5, 5.41) is 6.71. The molecule has 7 heteroatoms. The monoisotopic (exact) mass is 396 g/mol. The fourth-order valence-corrected chi connectivity index (χ4v) is 2.76. The van der Waals surface area contributed by atoms with Crippen molar-refractivity contribution in [1.82, 2.24) is 15.3 Å². The normalized spacial score (nSPS) is 10.4. The number of benzene rings is 2.